The molecule has 0 bridgehead atoms. The lowest BCUT2D eigenvalue weighted by Crippen LogP contribution is -2.11. The van der Waals surface area contributed by atoms with E-state index in [0.717, 1.165) is 35.2 Å². The zero-order valence-corrected chi connectivity index (χ0v) is 10.6. The van der Waals surface area contributed by atoms with Gasteiger partial charge in [0.2, 0.25) is 5.91 Å². The van der Waals surface area contributed by atoms with Crippen LogP contribution in [0.5, 0.6) is 0 Å². The van der Waals surface area contributed by atoms with E-state index < -0.39 is 0 Å². The first-order valence-electron chi connectivity index (χ1n) is 5.17. The van der Waals surface area contributed by atoms with Crippen molar-refractivity contribution in [1.29, 1.82) is 0 Å². The third-order valence-corrected chi connectivity index (χ3v) is 2.67. The summed E-state index contributed by atoms with van der Waals surface area (Å²) < 4.78 is 0.987. The number of primary amides is 1. The Balaban J connectivity index is 2.31. The van der Waals surface area contributed by atoms with Crippen LogP contribution in [0.2, 0.25) is 0 Å². The SMILES string of the molecule is NC(=O)CCCCNc1cc(Br)ccc1N. The van der Waals surface area contributed by atoms with Crippen molar-refractivity contribution < 1.29 is 4.79 Å². The smallest absolute Gasteiger partial charge is 0.217 e. The van der Waals surface area contributed by atoms with Crippen molar-refractivity contribution in [2.75, 3.05) is 17.6 Å². The first kappa shape index (κ1) is 12.8. The second-order valence-electron chi connectivity index (χ2n) is 3.58. The number of anilines is 2. The Kier molecular flexibility index (Phi) is 5.11. The fourth-order valence-electron chi connectivity index (χ4n) is 1.33. The van der Waals surface area contributed by atoms with Gasteiger partial charge in [-0.05, 0) is 31.0 Å². The molecule has 1 aromatic rings. The molecule has 0 spiro atoms. The van der Waals surface area contributed by atoms with Crippen molar-refractivity contribution in [2.24, 2.45) is 5.73 Å². The molecule has 0 saturated carbocycles. The van der Waals surface area contributed by atoms with Gasteiger partial charge in [0.15, 0.2) is 0 Å². The molecule has 0 radical (unpaired) electrons. The highest BCUT2D eigenvalue weighted by Gasteiger charge is 1.99. The minimum atomic E-state index is -0.248. The average Bonchev–Trinajstić information content (AvgIpc) is 2.22. The summed E-state index contributed by atoms with van der Waals surface area (Å²) in [5.41, 5.74) is 12.5. The van der Waals surface area contributed by atoms with Crippen molar-refractivity contribution in [3.63, 3.8) is 0 Å². The van der Waals surface area contributed by atoms with Crippen molar-refractivity contribution >= 4 is 33.2 Å². The van der Waals surface area contributed by atoms with E-state index in [1.54, 1.807) is 0 Å². The predicted molar refractivity (Wildman–Crippen MR) is 70.1 cm³/mol. The van der Waals surface area contributed by atoms with Gasteiger partial charge in [-0.3, -0.25) is 4.79 Å². The predicted octanol–water partition coefficient (Wildman–Crippen LogP) is 2.10. The van der Waals surface area contributed by atoms with Gasteiger partial charge in [0.1, 0.15) is 0 Å². The lowest BCUT2D eigenvalue weighted by Gasteiger charge is -2.09. The van der Waals surface area contributed by atoms with Gasteiger partial charge in [-0.1, -0.05) is 15.9 Å². The number of carbonyl (C=O) groups excluding carboxylic acids is 1. The molecule has 16 heavy (non-hydrogen) atoms. The third-order valence-electron chi connectivity index (χ3n) is 2.18. The van der Waals surface area contributed by atoms with Crippen LogP contribution >= 0.6 is 15.9 Å². The molecule has 88 valence electrons. The summed E-state index contributed by atoms with van der Waals surface area (Å²) in [5, 5.41) is 3.22. The van der Waals surface area contributed by atoms with Crippen LogP contribution in [-0.2, 0) is 4.79 Å². The number of halogens is 1. The molecule has 0 aliphatic carbocycles. The van der Waals surface area contributed by atoms with Gasteiger partial charge in [-0.15, -0.1) is 0 Å². The second kappa shape index (κ2) is 6.37. The largest absolute Gasteiger partial charge is 0.397 e. The number of unbranched alkanes of at least 4 members (excludes halogenated alkanes) is 1. The molecule has 1 rings (SSSR count). The highest BCUT2D eigenvalue weighted by Crippen LogP contribution is 2.23. The zero-order chi connectivity index (χ0) is 12.0. The fraction of sp³-hybridized carbons (Fsp3) is 0.364. The highest BCUT2D eigenvalue weighted by atomic mass is 79.9. The number of benzene rings is 1. The molecule has 0 aliphatic rings. The summed E-state index contributed by atoms with van der Waals surface area (Å²) in [6, 6.07) is 5.67. The quantitative estimate of drug-likeness (QED) is 0.553. The van der Waals surface area contributed by atoms with Gasteiger partial charge in [0, 0.05) is 17.4 Å². The Bertz CT molecular complexity index is 368. The van der Waals surface area contributed by atoms with Crippen LogP contribution < -0.4 is 16.8 Å². The summed E-state index contributed by atoms with van der Waals surface area (Å²) in [7, 11) is 0. The second-order valence-corrected chi connectivity index (χ2v) is 4.50. The normalized spacial score (nSPS) is 10.1. The van der Waals surface area contributed by atoms with Crippen molar-refractivity contribution in [3.05, 3.63) is 22.7 Å². The molecule has 0 saturated heterocycles. The van der Waals surface area contributed by atoms with E-state index in [2.05, 4.69) is 21.2 Å². The monoisotopic (exact) mass is 285 g/mol. The van der Waals surface area contributed by atoms with Crippen LogP contribution in [0.15, 0.2) is 22.7 Å². The summed E-state index contributed by atoms with van der Waals surface area (Å²) in [5.74, 6) is -0.248. The minimum absolute atomic E-state index is 0.248. The van der Waals surface area contributed by atoms with Crippen LogP contribution in [0.3, 0.4) is 0 Å². The van der Waals surface area contributed by atoms with Crippen LogP contribution in [0, 0.1) is 0 Å². The molecule has 4 nitrogen and oxygen atoms in total. The molecule has 0 unspecified atom stereocenters. The topological polar surface area (TPSA) is 81.1 Å². The molecule has 0 aromatic heterocycles. The molecular weight excluding hydrogens is 270 g/mol. The molecule has 1 amide bonds. The number of nitrogen functional groups attached to an aromatic ring is 1. The molecule has 5 N–H and O–H groups in total. The Hall–Kier alpha value is -1.23. The van der Waals surface area contributed by atoms with Crippen LogP contribution in [0.1, 0.15) is 19.3 Å². The van der Waals surface area contributed by atoms with E-state index in [9.17, 15) is 4.79 Å². The first-order chi connectivity index (χ1) is 7.59. The lowest BCUT2D eigenvalue weighted by molar-refractivity contribution is -0.118. The Morgan fingerprint density at radius 1 is 1.38 bits per heavy atom. The number of amides is 1. The van der Waals surface area contributed by atoms with E-state index in [1.165, 1.54) is 0 Å². The summed E-state index contributed by atoms with van der Waals surface area (Å²) >= 11 is 3.38. The molecule has 0 atom stereocenters. The Labute approximate surface area is 104 Å². The maximum absolute atomic E-state index is 10.5. The number of carbonyl (C=O) groups is 1. The molecule has 0 aliphatic heterocycles. The molecular formula is C11H16BrN3O. The molecule has 0 heterocycles. The number of nitrogens with one attached hydrogen (secondary N) is 1. The van der Waals surface area contributed by atoms with Gasteiger partial charge in [0.25, 0.3) is 0 Å². The van der Waals surface area contributed by atoms with Gasteiger partial charge >= 0.3 is 0 Å². The number of rotatable bonds is 6. The third kappa shape index (κ3) is 4.53. The zero-order valence-electron chi connectivity index (χ0n) is 9.00. The average molecular weight is 286 g/mol. The number of hydrogen-bond acceptors (Lipinski definition) is 3. The van der Waals surface area contributed by atoms with Crippen molar-refractivity contribution in [1.82, 2.24) is 0 Å². The fourth-order valence-corrected chi connectivity index (χ4v) is 1.69. The van der Waals surface area contributed by atoms with Crippen LogP contribution in [0.25, 0.3) is 0 Å². The van der Waals surface area contributed by atoms with Gasteiger partial charge in [-0.2, -0.15) is 0 Å². The van der Waals surface area contributed by atoms with Crippen molar-refractivity contribution in [3.8, 4) is 0 Å². The minimum Gasteiger partial charge on any atom is -0.397 e. The van der Waals surface area contributed by atoms with Crippen LogP contribution in [-0.4, -0.2) is 12.5 Å². The summed E-state index contributed by atoms with van der Waals surface area (Å²) in [6.45, 7) is 0.786. The summed E-state index contributed by atoms with van der Waals surface area (Å²) in [6.07, 6.45) is 2.14. The van der Waals surface area contributed by atoms with E-state index in [4.69, 9.17) is 11.5 Å². The van der Waals surface area contributed by atoms with E-state index in [0.29, 0.717) is 6.42 Å². The summed E-state index contributed by atoms with van der Waals surface area (Å²) in [4.78, 5) is 10.5. The number of nitrogens with two attached hydrogens (primary N) is 2. The van der Waals surface area contributed by atoms with E-state index in [1.807, 2.05) is 18.2 Å². The maximum Gasteiger partial charge on any atom is 0.217 e. The Morgan fingerprint density at radius 3 is 2.81 bits per heavy atom. The first-order valence-corrected chi connectivity index (χ1v) is 5.96. The molecule has 0 fully saturated rings. The number of hydrogen-bond donors (Lipinski definition) is 3. The molecule has 5 heteroatoms. The van der Waals surface area contributed by atoms with Gasteiger partial charge in [0.05, 0.1) is 11.4 Å². The molecule has 1 aromatic carbocycles. The van der Waals surface area contributed by atoms with E-state index in [-0.39, 0.29) is 5.91 Å². The van der Waals surface area contributed by atoms with Crippen LogP contribution in [0.4, 0.5) is 11.4 Å². The lowest BCUT2D eigenvalue weighted by atomic mass is 10.2. The van der Waals surface area contributed by atoms with Crippen molar-refractivity contribution in [2.45, 2.75) is 19.3 Å². The van der Waals surface area contributed by atoms with Gasteiger partial charge < -0.3 is 16.8 Å². The standard InChI is InChI=1S/C11H16BrN3O/c12-8-4-5-9(13)10(7-8)15-6-2-1-3-11(14)16/h4-5,7,15H,1-3,6,13H2,(H2,14,16). The van der Waals surface area contributed by atoms with Gasteiger partial charge in [-0.25, -0.2) is 0 Å². The maximum atomic E-state index is 10.5. The van der Waals surface area contributed by atoms with E-state index >= 15 is 0 Å². The highest BCUT2D eigenvalue weighted by molar-refractivity contribution is 9.10. The Morgan fingerprint density at radius 2 is 2.12 bits per heavy atom.